The van der Waals surface area contributed by atoms with E-state index in [-0.39, 0.29) is 5.91 Å². The quantitative estimate of drug-likeness (QED) is 0.584. The minimum atomic E-state index is -0.276. The number of fused-ring (bicyclic) bond motifs is 1. The molecule has 1 amide bonds. The van der Waals surface area contributed by atoms with E-state index in [1.807, 2.05) is 45.0 Å². The Morgan fingerprint density at radius 2 is 1.93 bits per heavy atom. The summed E-state index contributed by atoms with van der Waals surface area (Å²) in [5.41, 5.74) is 5.71. The molecule has 0 spiro atoms. The highest BCUT2D eigenvalue weighted by molar-refractivity contribution is 6.03. The fourth-order valence-electron chi connectivity index (χ4n) is 3.09. The summed E-state index contributed by atoms with van der Waals surface area (Å²) in [6, 6.07) is 12.2. The van der Waals surface area contributed by atoms with Gasteiger partial charge in [0.1, 0.15) is 11.2 Å². The molecule has 27 heavy (non-hydrogen) atoms. The van der Waals surface area contributed by atoms with Gasteiger partial charge in [0.05, 0.1) is 11.9 Å². The van der Waals surface area contributed by atoms with Gasteiger partial charge in [-0.3, -0.25) is 9.89 Å². The first kappa shape index (κ1) is 17.0. The van der Waals surface area contributed by atoms with E-state index in [0.29, 0.717) is 17.2 Å². The number of nitrogens with zero attached hydrogens (tertiary/aromatic N) is 4. The van der Waals surface area contributed by atoms with Crippen LogP contribution in [0.1, 0.15) is 33.0 Å². The molecule has 1 aromatic carbocycles. The van der Waals surface area contributed by atoms with Crippen molar-refractivity contribution in [1.29, 1.82) is 0 Å². The second kappa shape index (κ2) is 6.68. The second-order valence-corrected chi connectivity index (χ2v) is 6.61. The zero-order valence-corrected chi connectivity index (χ0v) is 15.4. The third-order valence-electron chi connectivity index (χ3n) is 4.58. The lowest BCUT2D eigenvalue weighted by molar-refractivity contribution is 0.102. The lowest BCUT2D eigenvalue weighted by Gasteiger charge is -2.10. The molecule has 0 radical (unpaired) electrons. The number of anilines is 1. The Balaban J connectivity index is 1.68. The van der Waals surface area contributed by atoms with Crippen LogP contribution in [0.25, 0.3) is 11.2 Å². The van der Waals surface area contributed by atoms with Gasteiger partial charge >= 0.3 is 0 Å². The van der Waals surface area contributed by atoms with Crippen molar-refractivity contribution in [2.24, 2.45) is 0 Å². The van der Waals surface area contributed by atoms with E-state index in [9.17, 15) is 4.79 Å². The van der Waals surface area contributed by atoms with E-state index in [0.717, 1.165) is 29.0 Å². The van der Waals surface area contributed by atoms with Crippen molar-refractivity contribution in [3.8, 4) is 0 Å². The van der Waals surface area contributed by atoms with Crippen molar-refractivity contribution >= 4 is 22.9 Å². The average molecular weight is 360 g/mol. The number of amides is 1. The number of aromatic amines is 1. The monoisotopic (exact) mass is 360 g/mol. The van der Waals surface area contributed by atoms with Crippen LogP contribution in [0.2, 0.25) is 0 Å². The van der Waals surface area contributed by atoms with Crippen LogP contribution in [0.15, 0.2) is 42.6 Å². The van der Waals surface area contributed by atoms with Crippen molar-refractivity contribution < 1.29 is 4.79 Å². The Labute approximate surface area is 156 Å². The van der Waals surface area contributed by atoms with Crippen LogP contribution in [-0.4, -0.2) is 30.6 Å². The Morgan fingerprint density at radius 1 is 1.15 bits per heavy atom. The van der Waals surface area contributed by atoms with Crippen LogP contribution in [0.4, 0.5) is 5.82 Å². The Morgan fingerprint density at radius 3 is 2.63 bits per heavy atom. The minimum Gasteiger partial charge on any atom is -0.324 e. The van der Waals surface area contributed by atoms with Gasteiger partial charge in [-0.2, -0.15) is 5.10 Å². The van der Waals surface area contributed by atoms with E-state index >= 15 is 0 Å². The Hall–Kier alpha value is -3.48. The van der Waals surface area contributed by atoms with E-state index in [4.69, 9.17) is 4.98 Å². The molecule has 4 rings (SSSR count). The first-order valence-electron chi connectivity index (χ1n) is 8.72. The number of hydrogen-bond acceptors (Lipinski definition) is 4. The molecule has 2 N–H and O–H groups in total. The lowest BCUT2D eigenvalue weighted by Crippen LogP contribution is -2.16. The number of carbonyl (C=O) groups excluding carboxylic acids is 1. The fraction of sp³-hybridized carbons (Fsp3) is 0.200. The molecule has 136 valence electrons. The van der Waals surface area contributed by atoms with Gasteiger partial charge in [0.2, 0.25) is 0 Å². The SMILES string of the molecule is Cc1cn[nH]c1C(=O)Nc1nc2cc(C)n(Cc3ccccc3)c2nc1C. The van der Waals surface area contributed by atoms with E-state index in [1.54, 1.807) is 6.20 Å². The molecule has 0 aliphatic carbocycles. The summed E-state index contributed by atoms with van der Waals surface area (Å²) in [6.45, 7) is 6.43. The number of aromatic nitrogens is 5. The first-order valence-corrected chi connectivity index (χ1v) is 8.72. The molecule has 7 heteroatoms. The van der Waals surface area contributed by atoms with E-state index in [2.05, 4.69) is 37.2 Å². The number of H-pyrrole nitrogens is 1. The van der Waals surface area contributed by atoms with Crippen molar-refractivity contribution in [2.75, 3.05) is 5.32 Å². The van der Waals surface area contributed by atoms with Gasteiger partial charge in [-0.25, -0.2) is 9.97 Å². The largest absolute Gasteiger partial charge is 0.324 e. The van der Waals surface area contributed by atoms with Crippen molar-refractivity contribution in [2.45, 2.75) is 27.3 Å². The van der Waals surface area contributed by atoms with E-state index in [1.165, 1.54) is 5.56 Å². The van der Waals surface area contributed by atoms with Gasteiger partial charge in [0, 0.05) is 12.2 Å². The van der Waals surface area contributed by atoms with Crippen LogP contribution in [-0.2, 0) is 6.54 Å². The van der Waals surface area contributed by atoms with Crippen LogP contribution in [0.5, 0.6) is 0 Å². The third kappa shape index (κ3) is 3.19. The van der Waals surface area contributed by atoms with Crippen LogP contribution >= 0.6 is 0 Å². The fourth-order valence-corrected chi connectivity index (χ4v) is 3.09. The van der Waals surface area contributed by atoms with Crippen molar-refractivity contribution in [1.82, 2.24) is 24.7 Å². The van der Waals surface area contributed by atoms with Crippen molar-refractivity contribution in [3.05, 3.63) is 70.8 Å². The summed E-state index contributed by atoms with van der Waals surface area (Å²) in [7, 11) is 0. The summed E-state index contributed by atoms with van der Waals surface area (Å²) in [5, 5.41) is 9.43. The van der Waals surface area contributed by atoms with Gasteiger partial charge in [-0.1, -0.05) is 30.3 Å². The van der Waals surface area contributed by atoms with Crippen LogP contribution in [0, 0.1) is 20.8 Å². The molecule has 7 nitrogen and oxygen atoms in total. The highest BCUT2D eigenvalue weighted by Crippen LogP contribution is 2.22. The summed E-state index contributed by atoms with van der Waals surface area (Å²) in [4.78, 5) is 21.8. The van der Waals surface area contributed by atoms with Gasteiger partial charge in [-0.15, -0.1) is 0 Å². The van der Waals surface area contributed by atoms with Crippen molar-refractivity contribution in [3.63, 3.8) is 0 Å². The molecule has 0 aliphatic rings. The number of carbonyl (C=O) groups is 1. The first-order chi connectivity index (χ1) is 13.0. The third-order valence-corrected chi connectivity index (χ3v) is 4.58. The van der Waals surface area contributed by atoms with Gasteiger partial charge in [0.15, 0.2) is 11.5 Å². The maximum Gasteiger partial charge on any atom is 0.275 e. The van der Waals surface area contributed by atoms with Gasteiger partial charge in [-0.05, 0) is 38.0 Å². The maximum absolute atomic E-state index is 12.4. The topological polar surface area (TPSA) is 88.5 Å². The number of nitrogens with one attached hydrogen (secondary N) is 2. The molecule has 0 aliphatic heterocycles. The average Bonchev–Trinajstić information content (AvgIpc) is 3.20. The maximum atomic E-state index is 12.4. The molecular weight excluding hydrogens is 340 g/mol. The normalized spacial score (nSPS) is 11.1. The van der Waals surface area contributed by atoms with Gasteiger partial charge < -0.3 is 9.88 Å². The standard InChI is InChI=1S/C20H20N6O/c1-12-10-21-25-17(12)20(27)24-18-14(3)22-19-16(23-18)9-13(2)26(19)11-15-7-5-4-6-8-15/h4-10H,11H2,1-3H3,(H,21,25)(H,23,24,27). The molecule has 0 unspecified atom stereocenters. The molecule has 0 saturated carbocycles. The zero-order valence-electron chi connectivity index (χ0n) is 15.4. The molecule has 0 atom stereocenters. The number of rotatable bonds is 4. The predicted octanol–water partition coefficient (Wildman–Crippen LogP) is 3.38. The number of hydrogen-bond donors (Lipinski definition) is 2. The van der Waals surface area contributed by atoms with Crippen LogP contribution < -0.4 is 5.32 Å². The molecule has 4 aromatic rings. The zero-order chi connectivity index (χ0) is 19.0. The summed E-state index contributed by atoms with van der Waals surface area (Å²) < 4.78 is 2.13. The smallest absolute Gasteiger partial charge is 0.275 e. The Kier molecular flexibility index (Phi) is 4.19. The highest BCUT2D eigenvalue weighted by atomic mass is 16.2. The molecule has 3 heterocycles. The molecule has 0 bridgehead atoms. The lowest BCUT2D eigenvalue weighted by atomic mass is 10.2. The summed E-state index contributed by atoms with van der Waals surface area (Å²) in [6.07, 6.45) is 1.61. The molecule has 3 aromatic heterocycles. The molecule has 0 saturated heterocycles. The number of benzene rings is 1. The summed E-state index contributed by atoms with van der Waals surface area (Å²) >= 11 is 0. The summed E-state index contributed by atoms with van der Waals surface area (Å²) in [5.74, 6) is 0.181. The predicted molar refractivity (Wildman–Crippen MR) is 104 cm³/mol. The molecule has 0 fully saturated rings. The second-order valence-electron chi connectivity index (χ2n) is 6.61. The number of aryl methyl sites for hydroxylation is 3. The molecular formula is C20H20N6O. The van der Waals surface area contributed by atoms with E-state index < -0.39 is 0 Å². The minimum absolute atomic E-state index is 0.276. The van der Waals surface area contributed by atoms with Crippen LogP contribution in [0.3, 0.4) is 0 Å². The Bertz CT molecular complexity index is 1130. The highest BCUT2D eigenvalue weighted by Gasteiger charge is 2.16. The van der Waals surface area contributed by atoms with Gasteiger partial charge in [0.25, 0.3) is 5.91 Å².